The van der Waals surface area contributed by atoms with Crippen LogP contribution in [-0.2, 0) is 14.3 Å². The fourth-order valence-electron chi connectivity index (χ4n) is 3.51. The smallest absolute Gasteiger partial charge is 0.264 e. The Morgan fingerprint density at radius 3 is 2.88 bits per heavy atom. The highest BCUT2D eigenvalue weighted by atomic mass is 32.2. The van der Waals surface area contributed by atoms with Crippen molar-refractivity contribution in [2.75, 3.05) is 24.2 Å². The molecule has 1 fully saturated rings. The summed E-state index contributed by atoms with van der Waals surface area (Å²) in [5.74, 6) is 0. The van der Waals surface area contributed by atoms with Crippen molar-refractivity contribution in [1.82, 2.24) is 9.38 Å². The average molecular weight is 359 g/mol. The molecule has 0 bridgehead atoms. The number of imidazole rings is 1. The second kappa shape index (κ2) is 6.00. The van der Waals surface area contributed by atoms with Gasteiger partial charge in [0.15, 0.2) is 0 Å². The summed E-state index contributed by atoms with van der Waals surface area (Å²) in [5.41, 5.74) is 5.19. The van der Waals surface area contributed by atoms with Crippen LogP contribution < -0.4 is 4.90 Å². The average Bonchev–Trinajstić information content (AvgIpc) is 2.89. The molecule has 2 aromatic heterocycles. The summed E-state index contributed by atoms with van der Waals surface area (Å²) in [7, 11) is -3.43. The standard InChI is InChI=1S/C18H21N3O3S/c1-13-5-6-17-16(10-13)19-18-11-14(7-9-21(17)18)20-8-3-4-15(12-20)24-25(2,22)23/h5-7,9-11,15H,3-4,8,12H2,1-2H3. The number of benzene rings is 1. The Morgan fingerprint density at radius 2 is 2.08 bits per heavy atom. The van der Waals surface area contributed by atoms with Crippen LogP contribution in [0, 0.1) is 6.92 Å². The Labute approximate surface area is 147 Å². The van der Waals surface area contributed by atoms with Crippen LogP contribution in [-0.4, -0.2) is 43.3 Å². The number of hydrogen-bond acceptors (Lipinski definition) is 5. The first-order chi connectivity index (χ1) is 11.9. The molecule has 132 valence electrons. The minimum Gasteiger partial charge on any atom is -0.369 e. The van der Waals surface area contributed by atoms with Crippen LogP contribution in [0.25, 0.3) is 16.7 Å². The van der Waals surface area contributed by atoms with Gasteiger partial charge in [-0.3, -0.25) is 8.58 Å². The molecule has 0 saturated carbocycles. The van der Waals surface area contributed by atoms with Gasteiger partial charge in [-0.2, -0.15) is 8.42 Å². The zero-order chi connectivity index (χ0) is 17.6. The predicted molar refractivity (Wildman–Crippen MR) is 98.6 cm³/mol. The first-order valence-electron chi connectivity index (χ1n) is 8.41. The van der Waals surface area contributed by atoms with E-state index in [-0.39, 0.29) is 6.10 Å². The Balaban J connectivity index is 1.66. The van der Waals surface area contributed by atoms with Crippen molar-refractivity contribution in [3.8, 4) is 0 Å². The number of nitrogens with zero attached hydrogens (tertiary/aromatic N) is 3. The summed E-state index contributed by atoms with van der Waals surface area (Å²) in [6, 6.07) is 10.4. The van der Waals surface area contributed by atoms with E-state index in [1.54, 1.807) is 0 Å². The topological polar surface area (TPSA) is 63.9 Å². The number of piperidine rings is 1. The third kappa shape index (κ3) is 3.34. The number of fused-ring (bicyclic) bond motifs is 3. The van der Waals surface area contributed by atoms with Crippen molar-refractivity contribution in [2.24, 2.45) is 0 Å². The van der Waals surface area contributed by atoms with Gasteiger partial charge in [-0.1, -0.05) is 6.07 Å². The fourth-order valence-corrected chi connectivity index (χ4v) is 4.16. The van der Waals surface area contributed by atoms with Gasteiger partial charge in [-0.15, -0.1) is 0 Å². The van der Waals surface area contributed by atoms with E-state index in [1.807, 2.05) is 6.20 Å². The number of anilines is 1. The second-order valence-corrected chi connectivity index (χ2v) is 8.33. The molecule has 3 aromatic rings. The SMILES string of the molecule is Cc1ccc2c(c1)nc1cc(N3CCCC(OS(C)(=O)=O)C3)ccn12. The molecule has 4 rings (SSSR count). The lowest BCUT2D eigenvalue weighted by Gasteiger charge is -2.33. The van der Waals surface area contributed by atoms with E-state index in [0.717, 1.165) is 48.0 Å². The molecule has 25 heavy (non-hydrogen) atoms. The zero-order valence-electron chi connectivity index (χ0n) is 14.3. The lowest BCUT2D eigenvalue weighted by molar-refractivity contribution is 0.188. The third-order valence-corrected chi connectivity index (χ3v) is 5.22. The highest BCUT2D eigenvalue weighted by molar-refractivity contribution is 7.86. The molecule has 7 heteroatoms. The van der Waals surface area contributed by atoms with Crippen LogP contribution in [0.3, 0.4) is 0 Å². The molecular weight excluding hydrogens is 338 g/mol. The third-order valence-electron chi connectivity index (χ3n) is 4.60. The van der Waals surface area contributed by atoms with E-state index in [4.69, 9.17) is 9.17 Å². The molecule has 0 N–H and O–H groups in total. The largest absolute Gasteiger partial charge is 0.369 e. The summed E-state index contributed by atoms with van der Waals surface area (Å²) in [5, 5.41) is 0. The summed E-state index contributed by atoms with van der Waals surface area (Å²) in [4.78, 5) is 6.89. The summed E-state index contributed by atoms with van der Waals surface area (Å²) < 4.78 is 30.0. The minimum absolute atomic E-state index is 0.290. The van der Waals surface area contributed by atoms with E-state index in [2.05, 4.69) is 46.6 Å². The molecule has 0 aliphatic carbocycles. The van der Waals surface area contributed by atoms with E-state index in [1.165, 1.54) is 5.56 Å². The van der Waals surface area contributed by atoms with Gasteiger partial charge in [0, 0.05) is 31.0 Å². The fraction of sp³-hybridized carbons (Fsp3) is 0.389. The predicted octanol–water partition coefficient (Wildman–Crippen LogP) is 2.74. The maximum Gasteiger partial charge on any atom is 0.264 e. The zero-order valence-corrected chi connectivity index (χ0v) is 15.2. The molecule has 1 aromatic carbocycles. The van der Waals surface area contributed by atoms with Gasteiger partial charge >= 0.3 is 0 Å². The Hall–Kier alpha value is -2.12. The first-order valence-corrected chi connectivity index (χ1v) is 10.2. The lowest BCUT2D eigenvalue weighted by atomic mass is 10.1. The van der Waals surface area contributed by atoms with Gasteiger partial charge in [-0.05, 0) is 43.5 Å². The van der Waals surface area contributed by atoms with Crippen LogP contribution in [0.15, 0.2) is 36.5 Å². The molecule has 0 radical (unpaired) electrons. The normalized spacial score (nSPS) is 19.0. The van der Waals surface area contributed by atoms with Crippen LogP contribution in [0.1, 0.15) is 18.4 Å². The second-order valence-electron chi connectivity index (χ2n) is 6.73. The van der Waals surface area contributed by atoms with E-state index >= 15 is 0 Å². The van der Waals surface area contributed by atoms with Gasteiger partial charge < -0.3 is 4.90 Å². The molecule has 1 unspecified atom stereocenters. The Bertz CT molecular complexity index is 1040. The van der Waals surface area contributed by atoms with Crippen molar-refractivity contribution < 1.29 is 12.6 Å². The summed E-state index contributed by atoms with van der Waals surface area (Å²) in [6.07, 6.45) is 4.51. The highest BCUT2D eigenvalue weighted by Crippen LogP contribution is 2.25. The van der Waals surface area contributed by atoms with Crippen molar-refractivity contribution in [2.45, 2.75) is 25.9 Å². The molecule has 0 amide bonds. The van der Waals surface area contributed by atoms with E-state index in [9.17, 15) is 8.42 Å². The van der Waals surface area contributed by atoms with Crippen LogP contribution in [0.5, 0.6) is 0 Å². The molecule has 6 nitrogen and oxygen atoms in total. The van der Waals surface area contributed by atoms with E-state index in [0.29, 0.717) is 6.54 Å². The van der Waals surface area contributed by atoms with Crippen LogP contribution in [0.2, 0.25) is 0 Å². The van der Waals surface area contributed by atoms with Gasteiger partial charge in [0.2, 0.25) is 0 Å². The number of hydrogen-bond donors (Lipinski definition) is 0. The molecule has 0 spiro atoms. The van der Waals surface area contributed by atoms with Crippen molar-refractivity contribution in [1.29, 1.82) is 0 Å². The summed E-state index contributed by atoms with van der Waals surface area (Å²) >= 11 is 0. The number of aryl methyl sites for hydroxylation is 1. The molecule has 1 aliphatic rings. The number of aromatic nitrogens is 2. The summed E-state index contributed by atoms with van der Waals surface area (Å²) in [6.45, 7) is 3.52. The maximum atomic E-state index is 11.4. The first kappa shape index (κ1) is 16.4. The van der Waals surface area contributed by atoms with Crippen LogP contribution in [0.4, 0.5) is 5.69 Å². The Morgan fingerprint density at radius 1 is 1.24 bits per heavy atom. The monoisotopic (exact) mass is 359 g/mol. The molecule has 3 heterocycles. The molecule has 1 saturated heterocycles. The van der Waals surface area contributed by atoms with E-state index < -0.39 is 10.1 Å². The molecular formula is C18H21N3O3S. The molecule has 1 aliphatic heterocycles. The minimum atomic E-state index is -3.43. The quantitative estimate of drug-likeness (QED) is 0.673. The van der Waals surface area contributed by atoms with Crippen molar-refractivity contribution in [3.05, 3.63) is 42.1 Å². The van der Waals surface area contributed by atoms with Gasteiger partial charge in [0.05, 0.1) is 23.4 Å². The lowest BCUT2D eigenvalue weighted by Crippen LogP contribution is -2.40. The Kier molecular flexibility index (Phi) is 3.92. The van der Waals surface area contributed by atoms with Crippen molar-refractivity contribution >= 4 is 32.5 Å². The van der Waals surface area contributed by atoms with Crippen molar-refractivity contribution in [3.63, 3.8) is 0 Å². The van der Waals surface area contributed by atoms with Gasteiger partial charge in [0.1, 0.15) is 5.65 Å². The highest BCUT2D eigenvalue weighted by Gasteiger charge is 2.24. The van der Waals surface area contributed by atoms with Crippen LogP contribution >= 0.6 is 0 Å². The van der Waals surface area contributed by atoms with Gasteiger partial charge in [-0.25, -0.2) is 4.98 Å². The molecule has 1 atom stereocenters. The number of rotatable bonds is 3. The van der Waals surface area contributed by atoms with Gasteiger partial charge in [0.25, 0.3) is 10.1 Å². The number of pyridine rings is 1. The maximum absolute atomic E-state index is 11.4.